The van der Waals surface area contributed by atoms with Crippen molar-refractivity contribution in [3.8, 4) is 0 Å². The molecule has 0 amide bonds. The fourth-order valence-corrected chi connectivity index (χ4v) is 7.99. The first-order valence-electron chi connectivity index (χ1n) is 8.33. The van der Waals surface area contributed by atoms with Crippen molar-refractivity contribution < 1.29 is 13.3 Å². The van der Waals surface area contributed by atoms with Crippen molar-refractivity contribution in [1.82, 2.24) is 0 Å². The second-order valence-corrected chi connectivity index (χ2v) is 11.4. The minimum atomic E-state index is -2.37. The molecule has 0 unspecified atom stereocenters. The van der Waals surface area contributed by atoms with Crippen molar-refractivity contribution >= 4 is 30.2 Å². The third-order valence-corrected chi connectivity index (χ3v) is 10.2. The highest BCUT2D eigenvalue weighted by Crippen LogP contribution is 2.18. The van der Waals surface area contributed by atoms with Crippen molar-refractivity contribution in [2.24, 2.45) is 0 Å². The first-order chi connectivity index (χ1) is 10.2. The largest absolute Gasteiger partial charge is 0.501 e. The average Bonchev–Trinajstić information content (AvgIpc) is 2.50. The lowest BCUT2D eigenvalue weighted by atomic mass is 10.3. The summed E-state index contributed by atoms with van der Waals surface area (Å²) in [5.41, 5.74) is 2.25. The topological polar surface area (TPSA) is 27.7 Å². The molecule has 0 bridgehead atoms. The van der Waals surface area contributed by atoms with Crippen LogP contribution in [0, 0.1) is 0 Å². The summed E-state index contributed by atoms with van der Waals surface area (Å²) in [6, 6.07) is 3.85. The molecule has 0 aromatic rings. The summed E-state index contributed by atoms with van der Waals surface area (Å²) in [5, 5.41) is 0. The van der Waals surface area contributed by atoms with E-state index in [-0.39, 0.29) is 8.80 Å². The van der Waals surface area contributed by atoms with E-state index in [0.29, 0.717) is 19.8 Å². The predicted molar refractivity (Wildman–Crippen MR) is 100 cm³/mol. The van der Waals surface area contributed by atoms with E-state index < -0.39 is 8.80 Å². The lowest BCUT2D eigenvalue weighted by molar-refractivity contribution is 0.0729. The van der Waals surface area contributed by atoms with Gasteiger partial charge < -0.3 is 13.3 Å². The van der Waals surface area contributed by atoms with Gasteiger partial charge in [-0.05, 0) is 26.5 Å². The lowest BCUT2D eigenvalue weighted by Gasteiger charge is -2.27. The fraction of sp³-hybridized carbons (Fsp3) is 0.867. The van der Waals surface area contributed by atoms with Gasteiger partial charge >= 0.3 is 8.80 Å². The number of rotatable bonds is 9. The molecule has 1 heterocycles. The number of hydrogen-bond acceptors (Lipinski definition) is 4. The number of hydrogen-bond donors (Lipinski definition) is 1. The van der Waals surface area contributed by atoms with Gasteiger partial charge in [-0.2, -0.15) is 12.6 Å². The molecule has 1 aliphatic heterocycles. The smallest absolute Gasteiger partial charge is 0.374 e. The Morgan fingerprint density at radius 3 is 1.76 bits per heavy atom. The van der Waals surface area contributed by atoms with Crippen LogP contribution in [0.4, 0.5) is 0 Å². The zero-order chi connectivity index (χ0) is 16.0. The van der Waals surface area contributed by atoms with Crippen LogP contribution in [0.1, 0.15) is 40.0 Å². The summed E-state index contributed by atoms with van der Waals surface area (Å²) in [4.78, 5) is 0. The van der Waals surface area contributed by atoms with Crippen LogP contribution in [0.2, 0.25) is 18.1 Å². The van der Waals surface area contributed by atoms with Gasteiger partial charge in [0.25, 0.3) is 0 Å². The maximum atomic E-state index is 5.60. The first kappa shape index (κ1) is 21.4. The third kappa shape index (κ3) is 9.91. The molecule has 0 aliphatic carbocycles. The zero-order valence-corrected chi connectivity index (χ0v) is 17.2. The highest BCUT2D eigenvalue weighted by molar-refractivity contribution is 7.80. The van der Waals surface area contributed by atoms with Crippen molar-refractivity contribution in [1.29, 1.82) is 0 Å². The molecule has 0 spiro atoms. The predicted octanol–water partition coefficient (Wildman–Crippen LogP) is 4.09. The second-order valence-electron chi connectivity index (χ2n) is 5.09. The van der Waals surface area contributed by atoms with Crippen LogP contribution < -0.4 is 0 Å². The Kier molecular flexibility index (Phi) is 14.3. The first-order valence-corrected chi connectivity index (χ1v) is 13.2. The van der Waals surface area contributed by atoms with Gasteiger partial charge in [-0.15, -0.1) is 12.3 Å². The Morgan fingerprint density at radius 2 is 1.48 bits per heavy atom. The van der Waals surface area contributed by atoms with Crippen molar-refractivity contribution in [3.63, 3.8) is 0 Å². The summed E-state index contributed by atoms with van der Waals surface area (Å²) >= 11 is 4.19. The highest BCUT2D eigenvalue weighted by atomic mass is 32.1. The van der Waals surface area contributed by atoms with Gasteiger partial charge in [-0.1, -0.05) is 31.4 Å². The molecule has 0 N–H and O–H groups in total. The molecular weight excluding hydrogens is 316 g/mol. The van der Waals surface area contributed by atoms with Gasteiger partial charge in [0.15, 0.2) is 0 Å². The summed E-state index contributed by atoms with van der Waals surface area (Å²) in [5.74, 6) is 0.742. The maximum absolute atomic E-state index is 5.60. The van der Waals surface area contributed by atoms with E-state index in [1.165, 1.54) is 31.4 Å². The van der Waals surface area contributed by atoms with Crippen molar-refractivity contribution in [2.45, 2.75) is 58.2 Å². The average molecular weight is 351 g/mol. The van der Waals surface area contributed by atoms with Crippen LogP contribution in [0.3, 0.4) is 0 Å². The summed E-state index contributed by atoms with van der Waals surface area (Å²) in [6.45, 7) is 11.6. The minimum absolute atomic E-state index is 0.341. The summed E-state index contributed by atoms with van der Waals surface area (Å²) in [7, 11) is -2.71. The van der Waals surface area contributed by atoms with E-state index in [4.69, 9.17) is 13.3 Å². The highest BCUT2D eigenvalue weighted by Gasteiger charge is 2.39. The molecule has 6 heteroatoms. The molecule has 1 saturated heterocycles. The van der Waals surface area contributed by atoms with Gasteiger partial charge in [0.1, 0.15) is 0 Å². The monoisotopic (exact) mass is 350 g/mol. The van der Waals surface area contributed by atoms with Crippen molar-refractivity contribution in [3.05, 3.63) is 12.3 Å². The van der Waals surface area contributed by atoms with Gasteiger partial charge in [-0.3, -0.25) is 0 Å². The van der Waals surface area contributed by atoms with E-state index in [0.717, 1.165) is 11.8 Å². The van der Waals surface area contributed by atoms with Gasteiger partial charge in [0.05, 0.1) is 8.80 Å². The third-order valence-electron chi connectivity index (χ3n) is 3.49. The molecule has 0 atom stereocenters. The van der Waals surface area contributed by atoms with E-state index in [1.807, 2.05) is 20.8 Å². The molecule has 1 rings (SSSR count). The van der Waals surface area contributed by atoms with Crippen LogP contribution in [0.15, 0.2) is 12.3 Å². The molecule has 21 heavy (non-hydrogen) atoms. The van der Waals surface area contributed by atoms with Gasteiger partial charge in [-0.25, -0.2) is 0 Å². The van der Waals surface area contributed by atoms with Crippen LogP contribution in [-0.2, 0) is 13.3 Å². The van der Waals surface area contributed by atoms with Crippen LogP contribution in [0.25, 0.3) is 0 Å². The van der Waals surface area contributed by atoms with Crippen LogP contribution in [-0.4, -0.2) is 43.2 Å². The van der Waals surface area contributed by atoms with Crippen LogP contribution >= 0.6 is 12.6 Å². The standard InChI is InChI=1S/C8H20O3SSi.C7H14Si/c1-4-9-13(8-7-12,10-5-2)11-6-3;1-2-8-6-4-3-5-7-8/h12H,4-8H2,1-3H3;2,8H,1,3-7H2. The van der Waals surface area contributed by atoms with Crippen molar-refractivity contribution in [2.75, 3.05) is 25.6 Å². The van der Waals surface area contributed by atoms with Crippen LogP contribution in [0.5, 0.6) is 0 Å². The maximum Gasteiger partial charge on any atom is 0.501 e. The molecule has 0 radical (unpaired) electrons. The Hall–Kier alpha value is 0.404. The van der Waals surface area contributed by atoms with E-state index in [1.54, 1.807) is 0 Å². The fourth-order valence-electron chi connectivity index (χ4n) is 2.51. The molecule has 0 aromatic carbocycles. The second kappa shape index (κ2) is 14.0. The van der Waals surface area contributed by atoms with E-state index >= 15 is 0 Å². The summed E-state index contributed by atoms with van der Waals surface area (Å²) in [6.07, 6.45) is 4.46. The minimum Gasteiger partial charge on any atom is -0.374 e. The molecule has 0 saturated carbocycles. The number of thiol groups is 1. The zero-order valence-electron chi connectivity index (χ0n) is 14.1. The SMILES string of the molecule is C=C[SiH]1CCCCC1.CCO[Si](CCS)(OCC)OCC. The Balaban J connectivity index is 0.000000423. The van der Waals surface area contributed by atoms with E-state index in [9.17, 15) is 0 Å². The Labute approximate surface area is 139 Å². The van der Waals surface area contributed by atoms with E-state index in [2.05, 4.69) is 24.9 Å². The quantitative estimate of drug-likeness (QED) is 0.501. The normalized spacial score (nSPS) is 16.2. The molecule has 0 aromatic heterocycles. The molecule has 1 fully saturated rings. The Morgan fingerprint density at radius 1 is 1.00 bits per heavy atom. The summed E-state index contributed by atoms with van der Waals surface area (Å²) < 4.78 is 16.8. The van der Waals surface area contributed by atoms with Gasteiger partial charge in [0, 0.05) is 25.9 Å². The lowest BCUT2D eigenvalue weighted by Crippen LogP contribution is -2.46. The molecule has 3 nitrogen and oxygen atoms in total. The molecule has 126 valence electrons. The van der Waals surface area contributed by atoms with Gasteiger partial charge in [0.2, 0.25) is 0 Å². The molecular formula is C15H34O3SSi2. The Bertz CT molecular complexity index is 220. The molecule has 1 aliphatic rings.